The quantitative estimate of drug-likeness (QED) is 0.712. The van der Waals surface area contributed by atoms with Crippen LogP contribution in [0.1, 0.15) is 22.4 Å². The van der Waals surface area contributed by atoms with Gasteiger partial charge in [0.05, 0.1) is 31.7 Å². The minimum absolute atomic E-state index is 0.566. The molecule has 1 aliphatic heterocycles. The Hall–Kier alpha value is -3.19. The van der Waals surface area contributed by atoms with E-state index in [0.29, 0.717) is 25.2 Å². The second kappa shape index (κ2) is 8.05. The molecule has 0 saturated heterocycles. The number of nitrogens with zero attached hydrogens (tertiary/aromatic N) is 4. The number of hydrogen-bond acceptors (Lipinski definition) is 7. The molecule has 0 aliphatic carbocycles. The first-order valence-electron chi connectivity index (χ1n) is 9.68. The largest absolute Gasteiger partial charge is 0.497 e. The lowest BCUT2D eigenvalue weighted by Gasteiger charge is -2.27. The molecule has 29 heavy (non-hydrogen) atoms. The molecule has 2 aromatic carbocycles. The van der Waals surface area contributed by atoms with E-state index in [1.54, 1.807) is 7.11 Å². The monoisotopic (exact) mass is 390 g/mol. The summed E-state index contributed by atoms with van der Waals surface area (Å²) in [5, 5.41) is 7.64. The molecular formula is C22H26N6O. The molecule has 1 aliphatic rings. The third kappa shape index (κ3) is 4.30. The van der Waals surface area contributed by atoms with Gasteiger partial charge in [0.1, 0.15) is 5.75 Å². The van der Waals surface area contributed by atoms with Crippen LogP contribution in [0, 0.1) is 20.8 Å². The standard InChI is InChI=1S/C22H26N6O/c1-14-9-15(2)20-19(10-14)16(3)25-22(26-20)27-21-23-12-28(13-24-21)11-17-5-7-18(29-4)8-6-17/h5-10H,11-13H2,1-4H3,(H2,23,24,25,26,27). The third-order valence-corrected chi connectivity index (χ3v) is 5.02. The van der Waals surface area contributed by atoms with Gasteiger partial charge >= 0.3 is 0 Å². The molecule has 2 heterocycles. The Bertz CT molecular complexity index is 1060. The Morgan fingerprint density at radius 2 is 1.90 bits per heavy atom. The van der Waals surface area contributed by atoms with Crippen molar-refractivity contribution in [1.82, 2.24) is 20.2 Å². The average Bonchev–Trinajstić information content (AvgIpc) is 2.71. The van der Waals surface area contributed by atoms with E-state index in [2.05, 4.69) is 63.6 Å². The second-order valence-electron chi connectivity index (χ2n) is 7.40. The normalized spacial score (nSPS) is 14.4. The smallest absolute Gasteiger partial charge is 0.230 e. The predicted octanol–water partition coefficient (Wildman–Crippen LogP) is 3.35. The number of nitrogens with one attached hydrogen (secondary N) is 2. The summed E-state index contributed by atoms with van der Waals surface area (Å²) in [5.74, 6) is 2.13. The third-order valence-electron chi connectivity index (χ3n) is 5.02. The Kier molecular flexibility index (Phi) is 5.31. The van der Waals surface area contributed by atoms with Gasteiger partial charge in [-0.15, -0.1) is 0 Å². The van der Waals surface area contributed by atoms with Crippen LogP contribution >= 0.6 is 0 Å². The topological polar surface area (TPSA) is 74.7 Å². The first kappa shape index (κ1) is 19.1. The van der Waals surface area contributed by atoms with Gasteiger partial charge in [0.2, 0.25) is 11.9 Å². The summed E-state index contributed by atoms with van der Waals surface area (Å²) in [6.07, 6.45) is 0. The molecule has 150 valence electrons. The van der Waals surface area contributed by atoms with Gasteiger partial charge in [0, 0.05) is 11.9 Å². The summed E-state index contributed by atoms with van der Waals surface area (Å²) in [7, 11) is 1.68. The minimum atomic E-state index is 0.566. The second-order valence-corrected chi connectivity index (χ2v) is 7.40. The molecule has 0 radical (unpaired) electrons. The summed E-state index contributed by atoms with van der Waals surface area (Å²) in [6.45, 7) is 8.31. The number of aliphatic imine (C=N–C) groups is 1. The van der Waals surface area contributed by atoms with Crippen LogP contribution < -0.4 is 15.4 Å². The Morgan fingerprint density at radius 1 is 1.10 bits per heavy atom. The maximum Gasteiger partial charge on any atom is 0.230 e. The summed E-state index contributed by atoms with van der Waals surface area (Å²) < 4.78 is 5.21. The van der Waals surface area contributed by atoms with Crippen molar-refractivity contribution in [1.29, 1.82) is 0 Å². The molecule has 0 bridgehead atoms. The zero-order valence-electron chi connectivity index (χ0n) is 17.3. The highest BCUT2D eigenvalue weighted by Crippen LogP contribution is 2.22. The van der Waals surface area contributed by atoms with Gasteiger partial charge < -0.3 is 10.1 Å². The van der Waals surface area contributed by atoms with Crippen molar-refractivity contribution in [2.75, 3.05) is 25.8 Å². The lowest BCUT2D eigenvalue weighted by atomic mass is 10.1. The maximum atomic E-state index is 5.21. The van der Waals surface area contributed by atoms with Crippen molar-refractivity contribution < 1.29 is 4.74 Å². The summed E-state index contributed by atoms with van der Waals surface area (Å²) in [4.78, 5) is 16.1. The van der Waals surface area contributed by atoms with Crippen LogP contribution in [0.25, 0.3) is 10.9 Å². The number of ether oxygens (including phenoxy) is 1. The van der Waals surface area contributed by atoms with Crippen LogP contribution in [0.15, 0.2) is 41.4 Å². The molecular weight excluding hydrogens is 364 g/mol. The van der Waals surface area contributed by atoms with E-state index in [9.17, 15) is 0 Å². The SMILES string of the molecule is COc1ccc(CN2CN=C(Nc3nc(C)c4cc(C)cc(C)c4n3)NC2)cc1. The maximum absolute atomic E-state index is 5.21. The van der Waals surface area contributed by atoms with E-state index < -0.39 is 0 Å². The molecule has 0 spiro atoms. The van der Waals surface area contributed by atoms with Crippen molar-refractivity contribution in [3.05, 3.63) is 58.8 Å². The molecule has 0 saturated carbocycles. The highest BCUT2D eigenvalue weighted by molar-refractivity contribution is 5.94. The molecule has 0 atom stereocenters. The van der Waals surface area contributed by atoms with Gasteiger partial charge in [0.15, 0.2) is 0 Å². The fourth-order valence-corrected chi connectivity index (χ4v) is 3.54. The highest BCUT2D eigenvalue weighted by Gasteiger charge is 2.14. The van der Waals surface area contributed by atoms with Crippen molar-refractivity contribution >= 4 is 22.8 Å². The molecule has 3 aromatic rings. The first-order valence-corrected chi connectivity index (χ1v) is 9.68. The van der Waals surface area contributed by atoms with Crippen LogP contribution in [0.4, 0.5) is 5.95 Å². The van der Waals surface area contributed by atoms with E-state index in [1.807, 2.05) is 19.1 Å². The number of hydrogen-bond donors (Lipinski definition) is 2. The van der Waals surface area contributed by atoms with Gasteiger partial charge in [-0.3, -0.25) is 10.2 Å². The molecule has 0 amide bonds. The van der Waals surface area contributed by atoms with E-state index in [4.69, 9.17) is 9.72 Å². The van der Waals surface area contributed by atoms with Crippen molar-refractivity contribution in [3.63, 3.8) is 0 Å². The molecule has 2 N–H and O–H groups in total. The van der Waals surface area contributed by atoms with E-state index in [-0.39, 0.29) is 0 Å². The van der Waals surface area contributed by atoms with Crippen LogP contribution in [0.5, 0.6) is 5.75 Å². The molecule has 0 unspecified atom stereocenters. The van der Waals surface area contributed by atoms with E-state index in [1.165, 1.54) is 11.1 Å². The molecule has 1 aromatic heterocycles. The van der Waals surface area contributed by atoms with Gasteiger partial charge in [-0.2, -0.15) is 0 Å². The predicted molar refractivity (Wildman–Crippen MR) is 116 cm³/mol. The fourth-order valence-electron chi connectivity index (χ4n) is 3.54. The van der Waals surface area contributed by atoms with E-state index >= 15 is 0 Å². The summed E-state index contributed by atoms with van der Waals surface area (Å²) >= 11 is 0. The van der Waals surface area contributed by atoms with Gasteiger partial charge in [-0.25, -0.2) is 15.0 Å². The van der Waals surface area contributed by atoms with Crippen LogP contribution in [-0.2, 0) is 6.54 Å². The first-order chi connectivity index (χ1) is 14.0. The number of anilines is 1. The Labute approximate surface area is 170 Å². The summed E-state index contributed by atoms with van der Waals surface area (Å²) in [5.41, 5.74) is 5.53. The zero-order chi connectivity index (χ0) is 20.4. The van der Waals surface area contributed by atoms with Crippen molar-refractivity contribution in [3.8, 4) is 5.75 Å². The van der Waals surface area contributed by atoms with Gasteiger partial charge in [0.25, 0.3) is 0 Å². The van der Waals surface area contributed by atoms with Crippen LogP contribution in [0.3, 0.4) is 0 Å². The van der Waals surface area contributed by atoms with Crippen LogP contribution in [0.2, 0.25) is 0 Å². The summed E-state index contributed by atoms with van der Waals surface area (Å²) in [6, 6.07) is 12.4. The highest BCUT2D eigenvalue weighted by atomic mass is 16.5. The molecule has 7 nitrogen and oxygen atoms in total. The number of fused-ring (bicyclic) bond motifs is 1. The Morgan fingerprint density at radius 3 is 2.59 bits per heavy atom. The number of aromatic nitrogens is 2. The van der Waals surface area contributed by atoms with Gasteiger partial charge in [-0.05, 0) is 50.1 Å². The fraction of sp³-hybridized carbons (Fsp3) is 0.318. The molecule has 4 rings (SSSR count). The number of benzene rings is 2. The average molecular weight is 390 g/mol. The zero-order valence-corrected chi connectivity index (χ0v) is 17.3. The molecule has 0 fully saturated rings. The van der Waals surface area contributed by atoms with Crippen molar-refractivity contribution in [2.45, 2.75) is 27.3 Å². The van der Waals surface area contributed by atoms with Crippen molar-refractivity contribution in [2.24, 2.45) is 4.99 Å². The number of methoxy groups -OCH3 is 1. The van der Waals surface area contributed by atoms with Crippen LogP contribution in [-0.4, -0.2) is 41.3 Å². The molecule has 7 heteroatoms. The minimum Gasteiger partial charge on any atom is -0.497 e. The Balaban J connectivity index is 1.44. The lowest BCUT2D eigenvalue weighted by Crippen LogP contribution is -2.45. The number of aryl methyl sites for hydroxylation is 3. The lowest BCUT2D eigenvalue weighted by molar-refractivity contribution is 0.256. The van der Waals surface area contributed by atoms with Gasteiger partial charge in [-0.1, -0.05) is 23.8 Å². The van der Waals surface area contributed by atoms with E-state index in [0.717, 1.165) is 34.5 Å². The number of rotatable bonds is 4. The number of guanidine groups is 1.